The number of fused-ring (bicyclic) bond motifs is 13. The Balaban J connectivity index is 1.31. The Kier molecular flexibility index (Phi) is 10.5. The second kappa shape index (κ2) is 16.1. The minimum Gasteiger partial charge on any atom is -0.135 e. The summed E-state index contributed by atoms with van der Waals surface area (Å²) in [6.07, 6.45) is 9.00. The third kappa shape index (κ3) is 6.11. The molecule has 3 heterocycles. The SMILES string of the molecule is CCc1c(-c2ccccc2)c(-c2ccccc2)c(CC)c2c1-c1sc3c(c1C1C=C(Br)SC21)C1C=C(Br)SC1c1c(CC)c(-c2ccccc2)c(-c2ccccc2)c(CC)c1-3. The van der Waals surface area contributed by atoms with Crippen LogP contribution in [-0.4, -0.2) is 0 Å². The zero-order valence-corrected chi connectivity index (χ0v) is 40.4. The lowest BCUT2D eigenvalue weighted by Gasteiger charge is -2.38. The molecule has 0 nitrogen and oxygen atoms in total. The second-order valence-corrected chi connectivity index (χ2v) is 22.7. The van der Waals surface area contributed by atoms with Gasteiger partial charge in [0, 0.05) is 50.8 Å². The van der Waals surface area contributed by atoms with Gasteiger partial charge >= 0.3 is 0 Å². The summed E-state index contributed by atoms with van der Waals surface area (Å²) in [5.74, 6) is 0.548. The lowest BCUT2D eigenvalue weighted by molar-refractivity contribution is 0.751. The van der Waals surface area contributed by atoms with Gasteiger partial charge in [0.1, 0.15) is 0 Å². The molecule has 4 aliphatic rings. The third-order valence-electron chi connectivity index (χ3n) is 13.6. The number of halogens is 2. The highest BCUT2D eigenvalue weighted by Crippen LogP contribution is 2.72. The van der Waals surface area contributed by atoms with Crippen LogP contribution in [0.25, 0.3) is 65.4 Å². The van der Waals surface area contributed by atoms with E-state index in [4.69, 9.17) is 0 Å². The van der Waals surface area contributed by atoms with Crippen molar-refractivity contribution in [1.82, 2.24) is 0 Å². The van der Waals surface area contributed by atoms with Gasteiger partial charge in [-0.1, -0.05) is 161 Å². The van der Waals surface area contributed by atoms with Crippen LogP contribution in [0.2, 0.25) is 0 Å². The fourth-order valence-electron chi connectivity index (χ4n) is 11.4. The van der Waals surface area contributed by atoms with Crippen LogP contribution in [0.4, 0.5) is 0 Å². The Morgan fingerprint density at radius 3 is 0.967 bits per heavy atom. The quantitative estimate of drug-likeness (QED) is 0.149. The fourth-order valence-corrected chi connectivity index (χ4v) is 17.2. The molecule has 0 amide bonds. The molecule has 2 aliphatic carbocycles. The van der Waals surface area contributed by atoms with Gasteiger partial charge in [-0.15, -0.1) is 34.9 Å². The first-order valence-corrected chi connectivity index (χ1v) is 26.0. The molecule has 4 unspecified atom stereocenters. The Hall–Kier alpha value is -3.84. The van der Waals surface area contributed by atoms with Crippen molar-refractivity contribution in [3.8, 4) is 65.4 Å². The largest absolute Gasteiger partial charge is 0.135 e. The number of rotatable bonds is 8. The standard InChI is InChI=1S/C56H46Br2S3/c1-5-35-43(31-21-13-9-14-22-31)45(33-25-17-11-18-26-33)37(7-3)49-47(35)53-39(29-41(57)59-53)51-52-40-30-42(58)60-54(40)48-36(6-2)44(32-23-15-10-16-24-32)46(34-27-19-12-20-28-34)38(8-4)50(48)56(52)61-55(49)51/h9-30,39-40,53-54H,5-8H2,1-4H3. The molecule has 6 aromatic carbocycles. The van der Waals surface area contributed by atoms with Gasteiger partial charge in [0.15, 0.2) is 0 Å². The zero-order valence-electron chi connectivity index (χ0n) is 34.8. The van der Waals surface area contributed by atoms with E-state index in [9.17, 15) is 0 Å². The normalized spacial score (nSPS) is 19.3. The van der Waals surface area contributed by atoms with E-state index >= 15 is 0 Å². The number of thioether (sulfide) groups is 2. The molecule has 0 saturated heterocycles. The Bertz CT molecular complexity index is 2730. The van der Waals surface area contributed by atoms with Gasteiger partial charge in [-0.3, -0.25) is 0 Å². The molecule has 302 valence electrons. The summed E-state index contributed by atoms with van der Waals surface area (Å²) in [6, 6.07) is 45.1. The molecule has 11 rings (SSSR count). The second-order valence-electron chi connectivity index (χ2n) is 16.5. The van der Waals surface area contributed by atoms with E-state index in [1.165, 1.54) is 95.3 Å². The number of benzene rings is 6. The summed E-state index contributed by atoms with van der Waals surface area (Å²) in [4.78, 5) is 3.01. The molecule has 0 fully saturated rings. The molecular weight excluding hydrogens is 929 g/mol. The maximum absolute atomic E-state index is 4.12. The lowest BCUT2D eigenvalue weighted by Crippen LogP contribution is -2.20. The third-order valence-corrected chi connectivity index (χ3v) is 18.8. The summed E-state index contributed by atoms with van der Waals surface area (Å²) in [7, 11) is 0. The summed E-state index contributed by atoms with van der Waals surface area (Å²) < 4.78 is 2.53. The number of hydrogen-bond acceptors (Lipinski definition) is 3. The first kappa shape index (κ1) is 40.0. The van der Waals surface area contributed by atoms with Crippen molar-refractivity contribution >= 4 is 66.7 Å². The Morgan fingerprint density at radius 1 is 0.377 bits per heavy atom. The van der Waals surface area contributed by atoms with Crippen LogP contribution in [-0.2, 0) is 25.7 Å². The molecule has 5 heteroatoms. The highest BCUT2D eigenvalue weighted by molar-refractivity contribution is 9.14. The van der Waals surface area contributed by atoms with Crippen LogP contribution < -0.4 is 0 Å². The maximum atomic E-state index is 4.12. The van der Waals surface area contributed by atoms with Crippen molar-refractivity contribution in [3.63, 3.8) is 0 Å². The summed E-state index contributed by atoms with van der Waals surface area (Å²) >= 11 is 14.4. The van der Waals surface area contributed by atoms with E-state index in [2.05, 4.69) is 204 Å². The molecule has 2 aliphatic heterocycles. The number of hydrogen-bond donors (Lipinski definition) is 0. The minimum absolute atomic E-state index is 0.274. The summed E-state index contributed by atoms with van der Waals surface area (Å²) in [5, 5.41) is 0.586. The predicted molar refractivity (Wildman–Crippen MR) is 275 cm³/mol. The van der Waals surface area contributed by atoms with Crippen LogP contribution in [0.3, 0.4) is 0 Å². The molecular formula is C56H46Br2S3. The van der Waals surface area contributed by atoms with E-state index in [0.717, 1.165) is 25.7 Å². The van der Waals surface area contributed by atoms with Crippen molar-refractivity contribution in [2.45, 2.75) is 75.7 Å². The van der Waals surface area contributed by atoms with Crippen LogP contribution in [0.5, 0.6) is 0 Å². The highest BCUT2D eigenvalue weighted by atomic mass is 79.9. The van der Waals surface area contributed by atoms with Gasteiger partial charge < -0.3 is 0 Å². The van der Waals surface area contributed by atoms with Crippen LogP contribution in [0.1, 0.15) is 94.5 Å². The molecule has 61 heavy (non-hydrogen) atoms. The molecule has 0 saturated carbocycles. The van der Waals surface area contributed by atoms with Gasteiger partial charge in [-0.05, 0) is 147 Å². The minimum atomic E-state index is 0.274. The van der Waals surface area contributed by atoms with E-state index in [1.54, 1.807) is 22.3 Å². The van der Waals surface area contributed by atoms with E-state index in [0.29, 0.717) is 10.5 Å². The van der Waals surface area contributed by atoms with Crippen molar-refractivity contribution in [1.29, 1.82) is 0 Å². The average molecular weight is 975 g/mol. The predicted octanol–water partition coefficient (Wildman–Crippen LogP) is 18.2. The van der Waals surface area contributed by atoms with Crippen molar-refractivity contribution < 1.29 is 0 Å². The molecule has 0 radical (unpaired) electrons. The van der Waals surface area contributed by atoms with Crippen LogP contribution >= 0.6 is 66.7 Å². The molecule has 0 spiro atoms. The summed E-state index contributed by atoms with van der Waals surface area (Å²) in [5.41, 5.74) is 26.2. The highest BCUT2D eigenvalue weighted by Gasteiger charge is 2.50. The van der Waals surface area contributed by atoms with Crippen molar-refractivity contribution in [2.75, 3.05) is 0 Å². The van der Waals surface area contributed by atoms with Gasteiger partial charge in [0.25, 0.3) is 0 Å². The molecule has 4 atom stereocenters. The average Bonchev–Trinajstić information content (AvgIpc) is 4.02. The molecule has 0 N–H and O–H groups in total. The zero-order chi connectivity index (χ0) is 41.5. The maximum Gasteiger partial charge on any atom is 0.0475 e. The van der Waals surface area contributed by atoms with Crippen molar-refractivity contribution in [3.05, 3.63) is 186 Å². The topological polar surface area (TPSA) is 0 Å². The van der Waals surface area contributed by atoms with Crippen LogP contribution in [0, 0.1) is 0 Å². The Labute approximate surface area is 390 Å². The first-order chi connectivity index (χ1) is 30.0. The molecule has 1 aromatic heterocycles. The van der Waals surface area contributed by atoms with Gasteiger partial charge in [-0.2, -0.15) is 0 Å². The van der Waals surface area contributed by atoms with Gasteiger partial charge in [0.05, 0.1) is 0 Å². The lowest BCUT2D eigenvalue weighted by atomic mass is 9.68. The monoisotopic (exact) mass is 972 g/mol. The van der Waals surface area contributed by atoms with E-state index < -0.39 is 0 Å². The summed E-state index contributed by atoms with van der Waals surface area (Å²) in [6.45, 7) is 9.58. The van der Waals surface area contributed by atoms with E-state index in [1.807, 2.05) is 23.5 Å². The number of thiophene rings is 1. The van der Waals surface area contributed by atoms with Crippen molar-refractivity contribution in [2.24, 2.45) is 0 Å². The smallest absolute Gasteiger partial charge is 0.0475 e. The van der Waals surface area contributed by atoms with Gasteiger partial charge in [-0.25, -0.2) is 0 Å². The van der Waals surface area contributed by atoms with Gasteiger partial charge in [0.2, 0.25) is 0 Å². The van der Waals surface area contributed by atoms with Crippen LogP contribution in [0.15, 0.2) is 141 Å². The number of allylic oxidation sites excluding steroid dienone is 2. The molecule has 7 aromatic rings. The first-order valence-electron chi connectivity index (χ1n) is 21.9. The fraction of sp³-hybridized carbons (Fsp3) is 0.214. The van der Waals surface area contributed by atoms with E-state index in [-0.39, 0.29) is 11.8 Å². The molecule has 0 bridgehead atoms. The Morgan fingerprint density at radius 2 is 0.672 bits per heavy atom.